The van der Waals surface area contributed by atoms with Crippen LogP contribution in [0.15, 0.2) is 36.7 Å². The smallest absolute Gasteiger partial charge is 0.148 e. The molecule has 1 N–H and O–H groups in total. The molecule has 3 rings (SSSR count). The second-order valence-corrected chi connectivity index (χ2v) is 4.39. The average molecular weight is 253 g/mol. The van der Waals surface area contributed by atoms with Gasteiger partial charge in [-0.3, -0.25) is 0 Å². The molecular weight excluding hydrogens is 238 g/mol. The van der Waals surface area contributed by atoms with Crippen LogP contribution in [-0.2, 0) is 7.05 Å². The Kier molecular flexibility index (Phi) is 2.87. The van der Waals surface area contributed by atoms with Gasteiger partial charge in [0.05, 0.1) is 23.1 Å². The highest BCUT2D eigenvalue weighted by Gasteiger charge is 2.05. The first-order valence-electron chi connectivity index (χ1n) is 6.27. The molecule has 96 valence electrons. The van der Waals surface area contributed by atoms with Crippen molar-refractivity contribution in [3.63, 3.8) is 0 Å². The molecule has 3 aromatic rings. The molecule has 0 aliphatic carbocycles. The maximum Gasteiger partial charge on any atom is 0.148 e. The minimum atomic E-state index is 0.796. The zero-order valence-electron chi connectivity index (χ0n) is 11.0. The molecule has 0 unspecified atom stereocenters. The first kappa shape index (κ1) is 11.6. The van der Waals surface area contributed by atoms with E-state index in [1.54, 1.807) is 0 Å². The summed E-state index contributed by atoms with van der Waals surface area (Å²) in [5.41, 5.74) is 3.97. The molecule has 0 aliphatic heterocycles. The quantitative estimate of drug-likeness (QED) is 0.779. The normalized spacial score (nSPS) is 10.8. The Balaban J connectivity index is 1.98. The van der Waals surface area contributed by atoms with Crippen molar-refractivity contribution in [3.8, 4) is 11.3 Å². The van der Waals surface area contributed by atoms with Gasteiger partial charge in [0.1, 0.15) is 5.82 Å². The van der Waals surface area contributed by atoms with E-state index in [0.29, 0.717) is 0 Å². The number of imidazole rings is 1. The van der Waals surface area contributed by atoms with Gasteiger partial charge in [-0.05, 0) is 31.2 Å². The van der Waals surface area contributed by atoms with E-state index in [9.17, 15) is 0 Å². The Morgan fingerprint density at radius 2 is 2.05 bits per heavy atom. The number of hydrogen-bond donors (Lipinski definition) is 1. The van der Waals surface area contributed by atoms with Gasteiger partial charge < -0.3 is 9.88 Å². The van der Waals surface area contributed by atoms with E-state index in [1.165, 1.54) is 0 Å². The molecule has 0 amide bonds. The Labute approximate surface area is 111 Å². The zero-order chi connectivity index (χ0) is 13.2. The van der Waals surface area contributed by atoms with Gasteiger partial charge >= 0.3 is 0 Å². The second kappa shape index (κ2) is 4.68. The lowest BCUT2D eigenvalue weighted by molar-refractivity contribution is 0.947. The molecule has 1 aromatic carbocycles. The predicted octanol–water partition coefficient (Wildman–Crippen LogP) is 2.46. The monoisotopic (exact) mass is 253 g/mol. The van der Waals surface area contributed by atoms with Gasteiger partial charge in [-0.1, -0.05) is 6.07 Å². The molecule has 0 saturated carbocycles. The van der Waals surface area contributed by atoms with Crippen molar-refractivity contribution in [1.29, 1.82) is 0 Å². The molecule has 0 aliphatic rings. The van der Waals surface area contributed by atoms with E-state index < -0.39 is 0 Å². The van der Waals surface area contributed by atoms with Crippen molar-refractivity contribution in [1.82, 2.24) is 19.7 Å². The van der Waals surface area contributed by atoms with Crippen LogP contribution in [0, 0.1) is 0 Å². The van der Waals surface area contributed by atoms with Crippen molar-refractivity contribution in [2.75, 3.05) is 11.9 Å². The first-order chi connectivity index (χ1) is 9.28. The number of benzene rings is 1. The third-order valence-electron chi connectivity index (χ3n) is 3.04. The summed E-state index contributed by atoms with van der Waals surface area (Å²) in [4.78, 5) is 4.35. The second-order valence-electron chi connectivity index (χ2n) is 4.39. The summed E-state index contributed by atoms with van der Waals surface area (Å²) in [6.45, 7) is 2.87. The van der Waals surface area contributed by atoms with Gasteiger partial charge in [-0.25, -0.2) is 4.98 Å². The number of rotatable bonds is 3. The van der Waals surface area contributed by atoms with E-state index in [2.05, 4.69) is 26.6 Å². The summed E-state index contributed by atoms with van der Waals surface area (Å²) in [7, 11) is 1.99. The highest BCUT2D eigenvalue weighted by Crippen LogP contribution is 2.22. The van der Waals surface area contributed by atoms with E-state index in [-0.39, 0.29) is 0 Å². The topological polar surface area (TPSA) is 55.6 Å². The summed E-state index contributed by atoms with van der Waals surface area (Å²) < 4.78 is 2.00. The molecule has 5 heteroatoms. The average Bonchev–Trinajstić information content (AvgIpc) is 2.81. The van der Waals surface area contributed by atoms with Crippen LogP contribution in [0.2, 0.25) is 0 Å². The van der Waals surface area contributed by atoms with E-state index in [1.807, 2.05) is 49.1 Å². The third-order valence-corrected chi connectivity index (χ3v) is 3.04. The van der Waals surface area contributed by atoms with Crippen LogP contribution in [0.3, 0.4) is 0 Å². The molecule has 2 aromatic heterocycles. The highest BCUT2D eigenvalue weighted by atomic mass is 15.2. The Bertz CT molecular complexity index is 699. The molecule has 0 saturated heterocycles. The Morgan fingerprint density at radius 1 is 1.16 bits per heavy atom. The minimum Gasteiger partial charge on any atom is -0.369 e. The molecule has 19 heavy (non-hydrogen) atoms. The summed E-state index contributed by atoms with van der Waals surface area (Å²) >= 11 is 0. The van der Waals surface area contributed by atoms with Gasteiger partial charge in [-0.15, -0.1) is 10.2 Å². The fourth-order valence-corrected chi connectivity index (χ4v) is 2.06. The van der Waals surface area contributed by atoms with Crippen LogP contribution in [0.4, 0.5) is 5.82 Å². The van der Waals surface area contributed by atoms with E-state index in [4.69, 9.17) is 0 Å². The summed E-state index contributed by atoms with van der Waals surface area (Å²) in [5.74, 6) is 0.796. The highest BCUT2D eigenvalue weighted by molar-refractivity contribution is 5.81. The van der Waals surface area contributed by atoms with Crippen molar-refractivity contribution >= 4 is 16.9 Å². The molecule has 5 nitrogen and oxygen atoms in total. The Hall–Kier alpha value is -2.43. The number of hydrogen-bond acceptors (Lipinski definition) is 4. The molecule has 2 heterocycles. The van der Waals surface area contributed by atoms with Crippen molar-refractivity contribution in [3.05, 3.63) is 36.7 Å². The van der Waals surface area contributed by atoms with Gasteiger partial charge in [0, 0.05) is 19.2 Å². The number of nitrogens with zero attached hydrogens (tertiary/aromatic N) is 4. The lowest BCUT2D eigenvalue weighted by atomic mass is 10.1. The lowest BCUT2D eigenvalue weighted by Gasteiger charge is -2.03. The van der Waals surface area contributed by atoms with Gasteiger partial charge in [0.15, 0.2) is 0 Å². The summed E-state index contributed by atoms with van der Waals surface area (Å²) in [6.07, 6.45) is 1.81. The SMILES string of the molecule is CCNc1ccc(-c2ccc3c(c2)ncn3C)nn1. The number of aromatic nitrogens is 4. The molecule has 0 bridgehead atoms. The lowest BCUT2D eigenvalue weighted by Crippen LogP contribution is -2.00. The molecular formula is C14H15N5. The number of fused-ring (bicyclic) bond motifs is 1. The van der Waals surface area contributed by atoms with Crippen molar-refractivity contribution < 1.29 is 0 Å². The van der Waals surface area contributed by atoms with Crippen molar-refractivity contribution in [2.24, 2.45) is 7.05 Å². The van der Waals surface area contributed by atoms with E-state index >= 15 is 0 Å². The minimum absolute atomic E-state index is 0.796. The van der Waals surface area contributed by atoms with Crippen LogP contribution >= 0.6 is 0 Å². The number of nitrogens with one attached hydrogen (secondary N) is 1. The molecule has 0 fully saturated rings. The Morgan fingerprint density at radius 3 is 2.79 bits per heavy atom. The summed E-state index contributed by atoms with van der Waals surface area (Å²) in [6, 6.07) is 10.0. The van der Waals surface area contributed by atoms with Gasteiger partial charge in [0.25, 0.3) is 0 Å². The first-order valence-corrected chi connectivity index (χ1v) is 6.27. The summed E-state index contributed by atoms with van der Waals surface area (Å²) in [5, 5.41) is 11.5. The molecule has 0 atom stereocenters. The van der Waals surface area contributed by atoms with Crippen LogP contribution in [0.1, 0.15) is 6.92 Å². The number of aryl methyl sites for hydroxylation is 1. The fraction of sp³-hybridized carbons (Fsp3) is 0.214. The van der Waals surface area contributed by atoms with Crippen LogP contribution in [-0.4, -0.2) is 26.3 Å². The largest absolute Gasteiger partial charge is 0.369 e. The molecule has 0 radical (unpaired) electrons. The van der Waals surface area contributed by atoms with Gasteiger partial charge in [-0.2, -0.15) is 0 Å². The van der Waals surface area contributed by atoms with Crippen LogP contribution < -0.4 is 5.32 Å². The van der Waals surface area contributed by atoms with E-state index in [0.717, 1.165) is 34.7 Å². The zero-order valence-corrected chi connectivity index (χ0v) is 11.0. The van der Waals surface area contributed by atoms with Gasteiger partial charge in [0.2, 0.25) is 0 Å². The molecule has 0 spiro atoms. The number of anilines is 1. The predicted molar refractivity (Wildman–Crippen MR) is 75.9 cm³/mol. The van der Waals surface area contributed by atoms with Crippen molar-refractivity contribution in [2.45, 2.75) is 6.92 Å². The third kappa shape index (κ3) is 2.14. The maximum atomic E-state index is 4.35. The standard InChI is InChI=1S/C14H15N5/c1-3-15-14-7-5-11(17-18-14)10-4-6-13-12(8-10)16-9-19(13)2/h4-9H,3H2,1-2H3,(H,15,18). The van der Waals surface area contributed by atoms with Crippen LogP contribution in [0.5, 0.6) is 0 Å². The maximum absolute atomic E-state index is 4.35. The fourth-order valence-electron chi connectivity index (χ4n) is 2.06. The van der Waals surface area contributed by atoms with Crippen LogP contribution in [0.25, 0.3) is 22.3 Å².